The molecule has 0 atom stereocenters. The van der Waals surface area contributed by atoms with Gasteiger partial charge in [-0.05, 0) is 18.4 Å². The maximum atomic E-state index is 12.1. The summed E-state index contributed by atoms with van der Waals surface area (Å²) >= 11 is 0. The molecule has 1 aliphatic heterocycles. The monoisotopic (exact) mass is 274 g/mol. The predicted molar refractivity (Wildman–Crippen MR) is 79.7 cm³/mol. The number of carbonyl (C=O) groups excluding carboxylic acids is 1. The van der Waals surface area contributed by atoms with Crippen molar-refractivity contribution in [2.45, 2.75) is 32.2 Å². The molecule has 0 bridgehead atoms. The van der Waals surface area contributed by atoms with Crippen molar-refractivity contribution in [1.82, 2.24) is 10.2 Å². The molecule has 1 fully saturated rings. The molecule has 1 heterocycles. The number of nitrogens with two attached hydrogens (primary N) is 1. The fraction of sp³-hybridized carbons (Fsp3) is 0.467. The van der Waals surface area contributed by atoms with Gasteiger partial charge in [-0.25, -0.2) is 4.79 Å². The van der Waals surface area contributed by atoms with Gasteiger partial charge in [-0.2, -0.15) is 0 Å². The van der Waals surface area contributed by atoms with E-state index < -0.39 is 0 Å². The van der Waals surface area contributed by atoms with Crippen molar-refractivity contribution in [2.75, 3.05) is 13.1 Å². The smallest absolute Gasteiger partial charge is 0.317 e. The number of nitrogens with zero attached hydrogens (tertiary/aromatic N) is 1. The first kappa shape index (κ1) is 14.4. The molecule has 1 aromatic rings. The minimum atomic E-state index is 0.0162. The summed E-state index contributed by atoms with van der Waals surface area (Å²) in [4.78, 5) is 14.0. The van der Waals surface area contributed by atoms with Crippen LogP contribution in [0.5, 0.6) is 0 Å². The first-order chi connectivity index (χ1) is 9.66. The summed E-state index contributed by atoms with van der Waals surface area (Å²) in [5.74, 6) is 0.0603. The van der Waals surface area contributed by atoms with Gasteiger partial charge in [0.05, 0.1) is 0 Å². The zero-order valence-electron chi connectivity index (χ0n) is 11.7. The molecule has 5 heteroatoms. The highest BCUT2D eigenvalue weighted by Crippen LogP contribution is 2.10. The Morgan fingerprint density at radius 1 is 1.15 bits per heavy atom. The number of amidine groups is 1. The summed E-state index contributed by atoms with van der Waals surface area (Å²) in [5.41, 5.74) is 7.12. The van der Waals surface area contributed by atoms with Crippen molar-refractivity contribution in [3.8, 4) is 0 Å². The van der Waals surface area contributed by atoms with E-state index in [2.05, 4.69) is 5.32 Å². The van der Waals surface area contributed by atoms with E-state index in [0.29, 0.717) is 12.1 Å². The van der Waals surface area contributed by atoms with E-state index in [-0.39, 0.29) is 11.9 Å². The fourth-order valence-corrected chi connectivity index (χ4v) is 2.37. The van der Waals surface area contributed by atoms with Crippen LogP contribution in [0.25, 0.3) is 0 Å². The van der Waals surface area contributed by atoms with Gasteiger partial charge in [0.2, 0.25) is 0 Å². The van der Waals surface area contributed by atoms with Crippen LogP contribution < -0.4 is 11.1 Å². The van der Waals surface area contributed by atoms with Gasteiger partial charge < -0.3 is 16.0 Å². The molecule has 1 saturated heterocycles. The number of hydrogen-bond acceptors (Lipinski definition) is 2. The van der Waals surface area contributed by atoms with E-state index in [1.54, 1.807) is 12.1 Å². The molecule has 20 heavy (non-hydrogen) atoms. The van der Waals surface area contributed by atoms with Crippen LogP contribution in [0.4, 0.5) is 4.79 Å². The second kappa shape index (κ2) is 6.93. The van der Waals surface area contributed by atoms with Crippen LogP contribution in [0, 0.1) is 5.41 Å². The van der Waals surface area contributed by atoms with Gasteiger partial charge in [0.25, 0.3) is 0 Å². The van der Waals surface area contributed by atoms with Crippen molar-refractivity contribution >= 4 is 11.9 Å². The van der Waals surface area contributed by atoms with E-state index in [9.17, 15) is 4.79 Å². The molecule has 0 aromatic heterocycles. The van der Waals surface area contributed by atoms with Crippen LogP contribution in [0.1, 0.15) is 36.8 Å². The van der Waals surface area contributed by atoms with E-state index in [4.69, 9.17) is 11.1 Å². The number of amides is 2. The van der Waals surface area contributed by atoms with Crippen LogP contribution >= 0.6 is 0 Å². The molecule has 0 aliphatic carbocycles. The Kier molecular flexibility index (Phi) is 4.98. The molecule has 0 spiro atoms. The fourth-order valence-electron chi connectivity index (χ4n) is 2.37. The van der Waals surface area contributed by atoms with Gasteiger partial charge in [-0.3, -0.25) is 5.41 Å². The van der Waals surface area contributed by atoms with Crippen LogP contribution in [0.15, 0.2) is 24.3 Å². The number of hydrogen-bond donors (Lipinski definition) is 3. The van der Waals surface area contributed by atoms with Crippen LogP contribution in [-0.4, -0.2) is 29.9 Å². The number of rotatable bonds is 3. The highest BCUT2D eigenvalue weighted by atomic mass is 16.2. The average molecular weight is 274 g/mol. The molecule has 2 amide bonds. The van der Waals surface area contributed by atoms with Gasteiger partial charge in [-0.15, -0.1) is 0 Å². The van der Waals surface area contributed by atoms with E-state index >= 15 is 0 Å². The minimum absolute atomic E-state index is 0.0162. The minimum Gasteiger partial charge on any atom is -0.384 e. The lowest BCUT2D eigenvalue weighted by Crippen LogP contribution is -2.40. The highest BCUT2D eigenvalue weighted by molar-refractivity contribution is 5.94. The van der Waals surface area contributed by atoms with Crippen LogP contribution in [0.2, 0.25) is 0 Å². The van der Waals surface area contributed by atoms with Crippen molar-refractivity contribution in [1.29, 1.82) is 5.41 Å². The van der Waals surface area contributed by atoms with Gasteiger partial charge in [0, 0.05) is 25.2 Å². The SMILES string of the molecule is N=C(N)c1ccc(CNC(=O)N2CCCCCC2)cc1. The molecular weight excluding hydrogens is 252 g/mol. The number of likely N-dealkylation sites (tertiary alicyclic amines) is 1. The molecule has 0 radical (unpaired) electrons. The Morgan fingerprint density at radius 2 is 1.75 bits per heavy atom. The quantitative estimate of drug-likeness (QED) is 0.582. The lowest BCUT2D eigenvalue weighted by molar-refractivity contribution is 0.199. The second-order valence-electron chi connectivity index (χ2n) is 5.17. The maximum absolute atomic E-state index is 12.1. The van der Waals surface area contributed by atoms with Crippen molar-refractivity contribution in [2.24, 2.45) is 5.73 Å². The highest BCUT2D eigenvalue weighted by Gasteiger charge is 2.14. The Hall–Kier alpha value is -2.04. The number of nitrogens with one attached hydrogen (secondary N) is 2. The standard InChI is InChI=1S/C15H22N4O/c16-14(17)13-7-5-12(6-8-13)11-18-15(20)19-9-3-1-2-4-10-19/h5-8H,1-4,9-11H2,(H3,16,17)(H,18,20). The Labute approximate surface area is 119 Å². The van der Waals surface area contributed by atoms with E-state index in [0.717, 1.165) is 31.5 Å². The Balaban J connectivity index is 1.84. The van der Waals surface area contributed by atoms with E-state index in [1.165, 1.54) is 12.8 Å². The third-order valence-corrected chi connectivity index (χ3v) is 3.60. The van der Waals surface area contributed by atoms with Crippen molar-refractivity contribution < 1.29 is 4.79 Å². The number of benzene rings is 1. The molecular formula is C15H22N4O. The molecule has 2 rings (SSSR count). The molecule has 0 saturated carbocycles. The molecule has 4 N–H and O–H groups in total. The normalized spacial score (nSPS) is 15.5. The zero-order valence-corrected chi connectivity index (χ0v) is 11.7. The third kappa shape index (κ3) is 3.98. The second-order valence-corrected chi connectivity index (χ2v) is 5.17. The zero-order chi connectivity index (χ0) is 14.4. The molecule has 108 valence electrons. The third-order valence-electron chi connectivity index (χ3n) is 3.60. The van der Waals surface area contributed by atoms with Crippen LogP contribution in [-0.2, 0) is 6.54 Å². The van der Waals surface area contributed by atoms with Gasteiger partial charge in [0.1, 0.15) is 5.84 Å². The Bertz CT molecular complexity index is 461. The van der Waals surface area contributed by atoms with Crippen molar-refractivity contribution in [3.05, 3.63) is 35.4 Å². The summed E-state index contributed by atoms with van der Waals surface area (Å²) in [6, 6.07) is 7.40. The summed E-state index contributed by atoms with van der Waals surface area (Å²) in [5, 5.41) is 10.3. The lowest BCUT2D eigenvalue weighted by atomic mass is 10.1. The molecule has 0 unspecified atom stereocenters. The lowest BCUT2D eigenvalue weighted by Gasteiger charge is -2.20. The summed E-state index contributed by atoms with van der Waals surface area (Å²) < 4.78 is 0. The predicted octanol–water partition coefficient (Wildman–Crippen LogP) is 2.06. The van der Waals surface area contributed by atoms with Crippen molar-refractivity contribution in [3.63, 3.8) is 0 Å². The first-order valence-corrected chi connectivity index (χ1v) is 7.13. The summed E-state index contributed by atoms with van der Waals surface area (Å²) in [6.07, 6.45) is 4.63. The maximum Gasteiger partial charge on any atom is 0.317 e. The topological polar surface area (TPSA) is 82.2 Å². The van der Waals surface area contributed by atoms with Gasteiger partial charge in [0.15, 0.2) is 0 Å². The van der Waals surface area contributed by atoms with Gasteiger partial charge in [-0.1, -0.05) is 37.1 Å². The number of urea groups is 1. The van der Waals surface area contributed by atoms with Gasteiger partial charge >= 0.3 is 6.03 Å². The summed E-state index contributed by atoms with van der Waals surface area (Å²) in [6.45, 7) is 2.22. The van der Waals surface area contributed by atoms with E-state index in [1.807, 2.05) is 17.0 Å². The largest absolute Gasteiger partial charge is 0.384 e. The number of carbonyl (C=O) groups is 1. The summed E-state index contributed by atoms with van der Waals surface area (Å²) in [7, 11) is 0. The van der Waals surface area contributed by atoms with Crippen LogP contribution in [0.3, 0.4) is 0 Å². The molecule has 1 aromatic carbocycles. The average Bonchev–Trinajstić information content (AvgIpc) is 2.74. The Morgan fingerprint density at radius 3 is 2.30 bits per heavy atom. The number of nitrogen functional groups attached to an aromatic ring is 1. The first-order valence-electron chi connectivity index (χ1n) is 7.13. The molecule has 5 nitrogen and oxygen atoms in total. The molecule has 1 aliphatic rings.